The summed E-state index contributed by atoms with van der Waals surface area (Å²) in [6.45, 7) is 0. The molecule has 4 nitrogen and oxygen atoms in total. The molecule has 0 saturated heterocycles. The maximum atomic E-state index is 11.5. The molecular weight excluding hydrogens is 773 g/mol. The van der Waals surface area contributed by atoms with Crippen molar-refractivity contribution in [2.45, 2.75) is 0 Å². The Morgan fingerprint density at radius 1 is 0.338 bits per heavy atom. The SMILES string of the molecule is [B]c1c([B])c([B])c(-c2nc3ccccc3n2-c2ccc(-c3c4c([B])c([B])c([B])c([B])c4c(-c4ccccc4-c4c(O)c([B])c([B])c([B])c4O)c4c([B])c([B])c([B])c([B])c34)cc2)c([B])c1[B]. The van der Waals surface area contributed by atoms with Gasteiger partial charge in [0.05, 0.1) is 16.6 Å². The number of benzene rings is 8. The second kappa shape index (κ2) is 16.1. The maximum Gasteiger partial charge on any atom is 0.144 e. The minimum atomic E-state index is -0.540. The quantitative estimate of drug-likeness (QED) is 0.135. The maximum absolute atomic E-state index is 11.5. The van der Waals surface area contributed by atoms with E-state index >= 15 is 0 Å². The summed E-state index contributed by atoms with van der Waals surface area (Å²) < 4.78 is 1.85. The highest BCUT2D eigenvalue weighted by Crippen LogP contribution is 2.46. The van der Waals surface area contributed by atoms with Gasteiger partial charge < -0.3 is 10.2 Å². The average molecular weight is 788 g/mol. The third kappa shape index (κ3) is 6.39. The summed E-state index contributed by atoms with van der Waals surface area (Å²) in [4.78, 5) is 4.91. The summed E-state index contributed by atoms with van der Waals surface area (Å²) >= 11 is 0. The topological polar surface area (TPSA) is 58.3 Å². The highest BCUT2D eigenvalue weighted by molar-refractivity contribution is 6.72. The number of nitrogens with zero attached hydrogens (tertiary/aromatic N) is 2. The van der Waals surface area contributed by atoms with E-state index in [0.717, 1.165) is 0 Å². The van der Waals surface area contributed by atoms with Gasteiger partial charge in [0.25, 0.3) is 0 Å². The van der Waals surface area contributed by atoms with Crippen LogP contribution < -0.4 is 87.4 Å². The fourth-order valence-electron chi connectivity index (χ4n) is 8.78. The first-order valence-corrected chi connectivity index (χ1v) is 19.7. The molecule has 0 fully saturated rings. The van der Waals surface area contributed by atoms with Crippen LogP contribution in [0.5, 0.6) is 11.5 Å². The number of aromatic hydroxyl groups is 2. The predicted octanol–water partition coefficient (Wildman–Crippen LogP) is -7.89. The molecule has 9 rings (SSSR count). The fourth-order valence-corrected chi connectivity index (χ4v) is 8.78. The van der Waals surface area contributed by atoms with Gasteiger partial charge in [-0.05, 0) is 73.6 Å². The molecule has 65 heavy (non-hydrogen) atoms. The van der Waals surface area contributed by atoms with Crippen molar-refractivity contribution in [3.05, 3.63) is 72.8 Å². The molecule has 0 aliphatic heterocycles. The molecule has 264 valence electrons. The van der Waals surface area contributed by atoms with Crippen molar-refractivity contribution in [2.75, 3.05) is 0 Å². The molecule has 0 unspecified atom stereocenters. The van der Waals surface area contributed by atoms with E-state index in [1.54, 1.807) is 24.3 Å². The first kappa shape index (κ1) is 44.6. The van der Waals surface area contributed by atoms with Crippen LogP contribution >= 0.6 is 0 Å². The lowest BCUT2D eigenvalue weighted by Crippen LogP contribution is -2.55. The van der Waals surface area contributed by atoms with E-state index in [4.69, 9.17) is 131 Å². The van der Waals surface area contributed by atoms with E-state index in [1.165, 1.54) is 0 Å². The van der Waals surface area contributed by atoms with Crippen LogP contribution in [0.3, 0.4) is 0 Å². The third-order valence-corrected chi connectivity index (χ3v) is 12.2. The van der Waals surface area contributed by atoms with E-state index in [1.807, 2.05) is 53.1 Å². The molecule has 2 N–H and O–H groups in total. The number of rotatable bonds is 5. The van der Waals surface area contributed by atoms with Gasteiger partial charge in [0.2, 0.25) is 0 Å². The molecule has 20 heteroatoms. The van der Waals surface area contributed by atoms with Crippen molar-refractivity contribution < 1.29 is 10.2 Å². The zero-order valence-electron chi connectivity index (χ0n) is 34.5. The molecule has 0 spiro atoms. The minimum Gasteiger partial charge on any atom is -0.508 e. The minimum absolute atomic E-state index is 0.0115. The summed E-state index contributed by atoms with van der Waals surface area (Å²) in [6.07, 6.45) is 0. The number of para-hydroxylation sites is 2. The van der Waals surface area contributed by atoms with E-state index in [0.29, 0.717) is 55.6 Å². The number of imidazole rings is 1. The Bertz CT molecular complexity index is 3450. The van der Waals surface area contributed by atoms with E-state index < -0.39 is 11.5 Å². The fraction of sp³-hybridized carbons (Fsp3) is 0. The molecule has 0 bridgehead atoms. The Labute approximate surface area is 397 Å². The van der Waals surface area contributed by atoms with Crippen molar-refractivity contribution in [2.24, 2.45) is 0 Å². The molecule has 0 aliphatic carbocycles. The van der Waals surface area contributed by atoms with Crippen LogP contribution in [0.15, 0.2) is 72.8 Å². The van der Waals surface area contributed by atoms with Crippen molar-refractivity contribution in [1.82, 2.24) is 9.55 Å². The van der Waals surface area contributed by atoms with Crippen LogP contribution in [0.2, 0.25) is 0 Å². The smallest absolute Gasteiger partial charge is 0.144 e. The molecule has 0 aliphatic rings. The van der Waals surface area contributed by atoms with Gasteiger partial charge in [0.1, 0.15) is 143 Å². The largest absolute Gasteiger partial charge is 0.508 e. The van der Waals surface area contributed by atoms with Crippen LogP contribution in [0.4, 0.5) is 0 Å². The number of hydrogen-bond acceptors (Lipinski definition) is 3. The van der Waals surface area contributed by atoms with E-state index in [-0.39, 0.29) is 115 Å². The van der Waals surface area contributed by atoms with Crippen LogP contribution in [-0.4, -0.2) is 145 Å². The zero-order valence-corrected chi connectivity index (χ0v) is 34.5. The molecule has 32 radical (unpaired) electrons. The van der Waals surface area contributed by atoms with Gasteiger partial charge in [-0.25, -0.2) is 4.98 Å². The second-order valence-electron chi connectivity index (χ2n) is 15.7. The molecule has 0 atom stereocenters. The number of hydrogen-bond donors (Lipinski definition) is 2. The number of aromatic nitrogens is 2. The Hall–Kier alpha value is -5.61. The Morgan fingerprint density at radius 2 is 0.708 bits per heavy atom. The zero-order chi connectivity index (χ0) is 46.8. The van der Waals surface area contributed by atoms with Gasteiger partial charge in [-0.3, -0.25) is 4.57 Å². The number of fused-ring (bicyclic) bond motifs is 3. The van der Waals surface area contributed by atoms with Gasteiger partial charge >= 0.3 is 0 Å². The van der Waals surface area contributed by atoms with Gasteiger partial charge in [-0.15, -0.1) is 43.7 Å². The lowest BCUT2D eigenvalue weighted by molar-refractivity contribution is 0.460. The Morgan fingerprint density at radius 3 is 1.18 bits per heavy atom. The van der Waals surface area contributed by atoms with Gasteiger partial charge in [-0.1, -0.05) is 92.2 Å². The Kier molecular flexibility index (Phi) is 11.0. The van der Waals surface area contributed by atoms with E-state index in [9.17, 15) is 10.2 Å². The van der Waals surface area contributed by atoms with Crippen LogP contribution in [-0.2, 0) is 0 Å². The summed E-state index contributed by atoms with van der Waals surface area (Å²) in [5.41, 5.74) is 3.54. The molecule has 9 aromatic rings. The van der Waals surface area contributed by atoms with Crippen molar-refractivity contribution in [3.8, 4) is 62.0 Å². The molecule has 0 saturated carbocycles. The van der Waals surface area contributed by atoms with Crippen molar-refractivity contribution >= 4 is 246 Å². The lowest BCUT2D eigenvalue weighted by Gasteiger charge is -2.29. The first-order valence-electron chi connectivity index (χ1n) is 19.7. The van der Waals surface area contributed by atoms with Gasteiger partial charge in [-0.2, -0.15) is 0 Å². The normalized spacial score (nSPS) is 11.6. The molecule has 1 heterocycles. The number of phenolic OH excluding ortho intramolecular Hbond substituents is 2. The second-order valence-corrected chi connectivity index (χ2v) is 15.7. The van der Waals surface area contributed by atoms with Gasteiger partial charge in [0.15, 0.2) is 0 Å². The molecule has 1 aromatic heterocycles. The van der Waals surface area contributed by atoms with Gasteiger partial charge in [0, 0.05) is 11.3 Å². The van der Waals surface area contributed by atoms with Crippen molar-refractivity contribution in [1.29, 1.82) is 0 Å². The summed E-state index contributed by atoms with van der Waals surface area (Å²) in [7, 11) is 105. The first-order chi connectivity index (χ1) is 30.8. The third-order valence-electron chi connectivity index (χ3n) is 12.2. The number of phenols is 2. The lowest BCUT2D eigenvalue weighted by atomic mass is 9.59. The Balaban J connectivity index is 1.41. The van der Waals surface area contributed by atoms with Crippen molar-refractivity contribution in [3.63, 3.8) is 0 Å². The highest BCUT2D eigenvalue weighted by Gasteiger charge is 2.28. The standard InChI is InChI=1S/C45H14B16N2O2/c46-27-22-19(13-9-11-14(12-10-13)63-18-8-4-3-7-17(18)62-45(63)26-31(50)37(56)39(58)38(57)32(26)51)23-25(30(49)36(55)34(53)28(23)47)20(24(22)29(48)35(54)33(27)52)15-5-1-2-6-16(15)21-43(64)41(60)40(59)42(61)44(21)65/h1-12,64-65H. The molecule has 0 amide bonds. The van der Waals surface area contributed by atoms with Crippen LogP contribution in [0.1, 0.15) is 0 Å². The molecule has 8 aromatic carbocycles. The van der Waals surface area contributed by atoms with E-state index in [2.05, 4.69) is 0 Å². The summed E-state index contributed by atoms with van der Waals surface area (Å²) in [5, 5.41) is 24.1. The van der Waals surface area contributed by atoms with Crippen LogP contribution in [0, 0.1) is 0 Å². The molecular formula is C45H14B16N2O2. The predicted molar refractivity (Wildman–Crippen MR) is 287 cm³/mol. The average Bonchev–Trinajstić information content (AvgIpc) is 3.69. The summed E-state index contributed by atoms with van der Waals surface area (Å²) in [5.74, 6) is -0.738. The summed E-state index contributed by atoms with van der Waals surface area (Å²) in [6, 6.07) is 21.4. The van der Waals surface area contributed by atoms with Crippen LogP contribution in [0.25, 0.3) is 83.0 Å². The highest BCUT2D eigenvalue weighted by atomic mass is 16.3. The monoisotopic (exact) mass is 790 g/mol.